The van der Waals surface area contributed by atoms with Crippen molar-refractivity contribution >= 4 is 11.9 Å². The first-order chi connectivity index (χ1) is 14.1. The SMILES string of the molecule is CC1(C)C2CCC1(C)C(O)(OC(=O)COC(=O)C13C4C=CC(C4)C1C1CCC3O1)C2. The van der Waals surface area contributed by atoms with Gasteiger partial charge in [-0.15, -0.1) is 0 Å². The molecular formula is C24H32O6. The van der Waals surface area contributed by atoms with Crippen LogP contribution in [0.15, 0.2) is 12.2 Å². The number of carbonyl (C=O) groups is 2. The first kappa shape index (κ1) is 19.3. The Balaban J connectivity index is 1.16. The number of hydrogen-bond acceptors (Lipinski definition) is 6. The van der Waals surface area contributed by atoms with E-state index in [0.29, 0.717) is 18.3 Å². The number of hydrogen-bond donors (Lipinski definition) is 1. The molecule has 6 nitrogen and oxygen atoms in total. The van der Waals surface area contributed by atoms with Crippen LogP contribution in [0.3, 0.4) is 0 Å². The molecule has 6 heteroatoms. The summed E-state index contributed by atoms with van der Waals surface area (Å²) in [5.41, 5.74) is -1.22. The minimum absolute atomic E-state index is 0.0965. The van der Waals surface area contributed by atoms with Crippen LogP contribution >= 0.6 is 0 Å². The van der Waals surface area contributed by atoms with Crippen LogP contribution in [0.2, 0.25) is 0 Å². The first-order valence-electron chi connectivity index (χ1n) is 11.6. The molecule has 2 aliphatic heterocycles. The monoisotopic (exact) mass is 416 g/mol. The van der Waals surface area contributed by atoms with E-state index in [9.17, 15) is 14.7 Å². The van der Waals surface area contributed by atoms with Crippen LogP contribution in [-0.4, -0.2) is 41.6 Å². The molecule has 164 valence electrons. The molecule has 0 amide bonds. The van der Waals surface area contributed by atoms with E-state index in [4.69, 9.17) is 14.2 Å². The molecule has 6 rings (SSSR count). The number of rotatable bonds is 4. The van der Waals surface area contributed by atoms with Crippen molar-refractivity contribution in [2.24, 2.45) is 39.9 Å². The van der Waals surface area contributed by atoms with Crippen LogP contribution in [0.1, 0.15) is 59.3 Å². The third kappa shape index (κ3) is 1.99. The Kier molecular flexibility index (Phi) is 3.66. The summed E-state index contributed by atoms with van der Waals surface area (Å²) in [5.74, 6) is -1.46. The summed E-state index contributed by atoms with van der Waals surface area (Å²) in [7, 11) is 0. The Hall–Kier alpha value is -1.40. The Morgan fingerprint density at radius 3 is 2.67 bits per heavy atom. The zero-order chi connectivity index (χ0) is 21.1. The largest absolute Gasteiger partial charge is 0.453 e. The van der Waals surface area contributed by atoms with Crippen LogP contribution < -0.4 is 0 Å². The van der Waals surface area contributed by atoms with E-state index in [2.05, 4.69) is 26.0 Å². The fourth-order valence-electron chi connectivity index (χ4n) is 8.52. The van der Waals surface area contributed by atoms with Crippen molar-refractivity contribution in [3.8, 4) is 0 Å². The van der Waals surface area contributed by atoms with Crippen molar-refractivity contribution < 1.29 is 28.9 Å². The summed E-state index contributed by atoms with van der Waals surface area (Å²) < 4.78 is 17.3. The van der Waals surface area contributed by atoms with Gasteiger partial charge in [-0.3, -0.25) is 4.79 Å². The number of esters is 2. The van der Waals surface area contributed by atoms with E-state index >= 15 is 0 Å². The number of aliphatic hydroxyl groups is 1. The van der Waals surface area contributed by atoms with Gasteiger partial charge in [-0.2, -0.15) is 0 Å². The van der Waals surface area contributed by atoms with E-state index in [-0.39, 0.29) is 35.4 Å². The Morgan fingerprint density at radius 2 is 1.97 bits per heavy atom. The summed E-state index contributed by atoms with van der Waals surface area (Å²) in [6, 6.07) is 0. The fraction of sp³-hybridized carbons (Fsp3) is 0.833. The number of allylic oxidation sites excluding steroid dienone is 2. The molecule has 30 heavy (non-hydrogen) atoms. The number of ether oxygens (including phenoxy) is 3. The minimum Gasteiger partial charge on any atom is -0.453 e. The fourth-order valence-corrected chi connectivity index (χ4v) is 8.52. The Bertz CT molecular complexity index is 849. The molecule has 2 saturated heterocycles. The van der Waals surface area contributed by atoms with Crippen LogP contribution in [0.5, 0.6) is 0 Å². The summed E-state index contributed by atoms with van der Waals surface area (Å²) in [6.45, 7) is 5.85. The molecule has 5 fully saturated rings. The molecule has 0 aromatic carbocycles. The molecule has 1 N–H and O–H groups in total. The molecular weight excluding hydrogens is 384 g/mol. The molecule has 0 aromatic heterocycles. The van der Waals surface area contributed by atoms with Crippen molar-refractivity contribution in [1.29, 1.82) is 0 Å². The summed E-state index contributed by atoms with van der Waals surface area (Å²) in [6.07, 6.45) is 9.59. The predicted molar refractivity (Wildman–Crippen MR) is 106 cm³/mol. The van der Waals surface area contributed by atoms with Gasteiger partial charge in [0.05, 0.1) is 12.2 Å². The molecule has 2 heterocycles. The van der Waals surface area contributed by atoms with E-state index < -0.39 is 29.2 Å². The topological polar surface area (TPSA) is 82.1 Å². The molecule has 0 aromatic rings. The van der Waals surface area contributed by atoms with E-state index in [1.54, 1.807) is 0 Å². The third-order valence-electron chi connectivity index (χ3n) is 10.5. The van der Waals surface area contributed by atoms with Gasteiger partial charge in [0.2, 0.25) is 5.79 Å². The number of fused-ring (bicyclic) bond motifs is 11. The zero-order valence-electron chi connectivity index (χ0n) is 18.1. The van der Waals surface area contributed by atoms with Gasteiger partial charge < -0.3 is 19.3 Å². The van der Waals surface area contributed by atoms with Crippen LogP contribution in [0.4, 0.5) is 0 Å². The van der Waals surface area contributed by atoms with Gasteiger partial charge in [-0.05, 0) is 55.3 Å². The second kappa shape index (κ2) is 5.69. The van der Waals surface area contributed by atoms with Gasteiger partial charge in [0.25, 0.3) is 0 Å². The van der Waals surface area contributed by atoms with Gasteiger partial charge in [-0.25, -0.2) is 4.79 Å². The van der Waals surface area contributed by atoms with Gasteiger partial charge in [0.1, 0.15) is 5.41 Å². The van der Waals surface area contributed by atoms with Crippen molar-refractivity contribution in [2.75, 3.05) is 6.61 Å². The molecule has 0 radical (unpaired) electrons. The molecule has 6 bridgehead atoms. The number of carbonyl (C=O) groups excluding carboxylic acids is 2. The predicted octanol–water partition coefficient (Wildman–Crippen LogP) is 2.98. The van der Waals surface area contributed by atoms with Crippen LogP contribution in [-0.2, 0) is 23.8 Å². The summed E-state index contributed by atoms with van der Waals surface area (Å²) in [5, 5.41) is 11.2. The van der Waals surface area contributed by atoms with E-state index in [0.717, 1.165) is 32.1 Å². The highest BCUT2D eigenvalue weighted by molar-refractivity contribution is 5.83. The standard InChI is InChI=1S/C24H32O6/c1-21(2)15-8-9-22(21,3)23(27,11-15)30-18(25)12-28-20(26)24-14-5-4-13(10-14)19(24)16-6-7-17(24)29-16/h4-5,13-17,19,27H,6-12H2,1-3H3. The van der Waals surface area contributed by atoms with E-state index in [1.807, 2.05) is 6.92 Å². The Labute approximate surface area is 177 Å². The molecule has 4 aliphatic carbocycles. The van der Waals surface area contributed by atoms with Gasteiger partial charge in [-0.1, -0.05) is 32.9 Å². The smallest absolute Gasteiger partial charge is 0.346 e. The average molecular weight is 417 g/mol. The quantitative estimate of drug-likeness (QED) is 0.431. The highest BCUT2D eigenvalue weighted by Crippen LogP contribution is 2.70. The second-order valence-electron chi connectivity index (χ2n) is 11.4. The molecule has 9 atom stereocenters. The van der Waals surface area contributed by atoms with Gasteiger partial charge >= 0.3 is 11.9 Å². The zero-order valence-corrected chi connectivity index (χ0v) is 18.1. The molecule has 9 unspecified atom stereocenters. The highest BCUT2D eigenvalue weighted by atomic mass is 16.7. The van der Waals surface area contributed by atoms with Gasteiger partial charge in [0.15, 0.2) is 6.61 Å². The van der Waals surface area contributed by atoms with Crippen LogP contribution in [0, 0.1) is 39.9 Å². The maximum atomic E-state index is 13.3. The van der Waals surface area contributed by atoms with Crippen molar-refractivity contribution in [3.05, 3.63) is 12.2 Å². The average Bonchev–Trinajstić information content (AvgIpc) is 3.50. The Morgan fingerprint density at radius 1 is 1.17 bits per heavy atom. The summed E-state index contributed by atoms with van der Waals surface area (Å²) >= 11 is 0. The maximum Gasteiger partial charge on any atom is 0.346 e. The van der Waals surface area contributed by atoms with Crippen molar-refractivity contribution in [2.45, 2.75) is 77.3 Å². The van der Waals surface area contributed by atoms with Gasteiger partial charge in [0, 0.05) is 17.8 Å². The van der Waals surface area contributed by atoms with Crippen molar-refractivity contribution in [3.63, 3.8) is 0 Å². The van der Waals surface area contributed by atoms with Crippen LogP contribution in [0.25, 0.3) is 0 Å². The summed E-state index contributed by atoms with van der Waals surface area (Å²) in [4.78, 5) is 26.0. The molecule has 3 saturated carbocycles. The molecule has 0 spiro atoms. The van der Waals surface area contributed by atoms with Crippen molar-refractivity contribution in [1.82, 2.24) is 0 Å². The maximum absolute atomic E-state index is 13.3. The normalized spacial score (nSPS) is 53.3. The van der Waals surface area contributed by atoms with E-state index in [1.165, 1.54) is 0 Å². The molecule has 6 aliphatic rings. The minimum atomic E-state index is -1.49. The lowest BCUT2D eigenvalue weighted by molar-refractivity contribution is -0.263. The first-order valence-corrected chi connectivity index (χ1v) is 11.6. The second-order valence-corrected chi connectivity index (χ2v) is 11.4. The lowest BCUT2D eigenvalue weighted by atomic mass is 9.61. The third-order valence-corrected chi connectivity index (χ3v) is 10.5. The lowest BCUT2D eigenvalue weighted by Crippen LogP contribution is -2.52. The highest BCUT2D eigenvalue weighted by Gasteiger charge is 2.74. The lowest BCUT2D eigenvalue weighted by Gasteiger charge is -2.44.